The summed E-state index contributed by atoms with van der Waals surface area (Å²) in [6.07, 6.45) is 0.862. The van der Waals surface area contributed by atoms with Crippen LogP contribution in [0, 0.1) is 0 Å². The highest BCUT2D eigenvalue weighted by Gasteiger charge is 2.05. The first-order chi connectivity index (χ1) is 6.25. The highest BCUT2D eigenvalue weighted by molar-refractivity contribution is 7.18. The lowest BCUT2D eigenvalue weighted by Crippen LogP contribution is -1.95. The van der Waals surface area contributed by atoms with E-state index in [0.717, 1.165) is 16.9 Å². The molecule has 2 aromatic rings. The monoisotopic (exact) mass is 211 g/mol. The Morgan fingerprint density at radius 1 is 1.46 bits per heavy atom. The summed E-state index contributed by atoms with van der Waals surface area (Å²) in [5.74, 6) is 0. The number of benzene rings is 1. The van der Waals surface area contributed by atoms with Gasteiger partial charge in [0.25, 0.3) is 0 Å². The minimum absolute atomic E-state index is 0.167. The van der Waals surface area contributed by atoms with Crippen LogP contribution in [0.3, 0.4) is 0 Å². The standard InChI is InChI=1S/C10H10ClNS/c1-7(11)6-10-12-8-4-2-3-5-9(8)13-10/h2-5,7H,6H2,1H3/t7-/m1/s1. The van der Waals surface area contributed by atoms with Gasteiger partial charge in [-0.15, -0.1) is 22.9 Å². The summed E-state index contributed by atoms with van der Waals surface area (Å²) in [4.78, 5) is 4.49. The van der Waals surface area contributed by atoms with Gasteiger partial charge in [-0.2, -0.15) is 0 Å². The van der Waals surface area contributed by atoms with Gasteiger partial charge in [0.05, 0.1) is 15.2 Å². The summed E-state index contributed by atoms with van der Waals surface area (Å²) in [5, 5.41) is 1.30. The molecule has 0 unspecified atom stereocenters. The summed E-state index contributed by atoms with van der Waals surface area (Å²) >= 11 is 7.64. The van der Waals surface area contributed by atoms with Crippen LogP contribution in [0.2, 0.25) is 0 Å². The Bertz CT molecular complexity index is 375. The summed E-state index contributed by atoms with van der Waals surface area (Å²) in [7, 11) is 0. The van der Waals surface area contributed by atoms with Crippen LogP contribution >= 0.6 is 22.9 Å². The molecular formula is C10H10ClNS. The lowest BCUT2D eigenvalue weighted by atomic mass is 10.3. The van der Waals surface area contributed by atoms with E-state index in [9.17, 15) is 0 Å². The first-order valence-corrected chi connectivity index (χ1v) is 5.49. The Morgan fingerprint density at radius 2 is 2.23 bits per heavy atom. The summed E-state index contributed by atoms with van der Waals surface area (Å²) in [6.45, 7) is 1.99. The van der Waals surface area contributed by atoms with Gasteiger partial charge in [0, 0.05) is 11.8 Å². The molecule has 0 saturated carbocycles. The molecule has 1 heterocycles. The molecule has 0 aliphatic rings. The van der Waals surface area contributed by atoms with Crippen molar-refractivity contribution in [3.8, 4) is 0 Å². The van der Waals surface area contributed by atoms with Gasteiger partial charge in [-0.1, -0.05) is 12.1 Å². The topological polar surface area (TPSA) is 12.9 Å². The summed E-state index contributed by atoms with van der Waals surface area (Å²) in [5.41, 5.74) is 1.08. The Hall–Kier alpha value is -0.600. The first kappa shape index (κ1) is 8.97. The molecule has 0 N–H and O–H groups in total. The third-order valence-electron chi connectivity index (χ3n) is 1.79. The molecule has 13 heavy (non-hydrogen) atoms. The van der Waals surface area contributed by atoms with Crippen LogP contribution in [0.25, 0.3) is 10.2 Å². The molecule has 0 bridgehead atoms. The Morgan fingerprint density at radius 3 is 2.92 bits per heavy atom. The highest BCUT2D eigenvalue weighted by Crippen LogP contribution is 2.23. The van der Waals surface area contributed by atoms with Gasteiger partial charge < -0.3 is 0 Å². The average molecular weight is 212 g/mol. The van der Waals surface area contributed by atoms with Crippen molar-refractivity contribution in [3.05, 3.63) is 29.3 Å². The van der Waals surface area contributed by atoms with Crippen molar-refractivity contribution < 1.29 is 0 Å². The first-order valence-electron chi connectivity index (χ1n) is 4.24. The Labute approximate surface area is 86.4 Å². The molecule has 0 amide bonds. The minimum Gasteiger partial charge on any atom is -0.241 e. The van der Waals surface area contributed by atoms with Crippen molar-refractivity contribution in [1.29, 1.82) is 0 Å². The van der Waals surface area contributed by atoms with E-state index < -0.39 is 0 Å². The number of hydrogen-bond donors (Lipinski definition) is 0. The zero-order valence-electron chi connectivity index (χ0n) is 7.33. The van der Waals surface area contributed by atoms with Gasteiger partial charge in [-0.05, 0) is 19.1 Å². The molecular weight excluding hydrogens is 202 g/mol. The van der Waals surface area contributed by atoms with E-state index in [-0.39, 0.29) is 5.38 Å². The summed E-state index contributed by atoms with van der Waals surface area (Å²) < 4.78 is 1.25. The lowest BCUT2D eigenvalue weighted by Gasteiger charge is -1.95. The fraction of sp³-hybridized carbons (Fsp3) is 0.300. The normalized spacial score (nSPS) is 13.4. The fourth-order valence-electron chi connectivity index (χ4n) is 1.25. The van der Waals surface area contributed by atoms with Gasteiger partial charge in [0.15, 0.2) is 0 Å². The van der Waals surface area contributed by atoms with Crippen LogP contribution in [-0.2, 0) is 6.42 Å². The minimum atomic E-state index is 0.167. The molecule has 1 aromatic heterocycles. The van der Waals surface area contributed by atoms with Gasteiger partial charge in [-0.25, -0.2) is 4.98 Å². The van der Waals surface area contributed by atoms with Crippen LogP contribution in [0.1, 0.15) is 11.9 Å². The van der Waals surface area contributed by atoms with E-state index in [0.29, 0.717) is 0 Å². The zero-order chi connectivity index (χ0) is 9.26. The third-order valence-corrected chi connectivity index (χ3v) is 3.01. The van der Waals surface area contributed by atoms with Crippen molar-refractivity contribution in [2.75, 3.05) is 0 Å². The zero-order valence-corrected chi connectivity index (χ0v) is 8.90. The molecule has 0 radical (unpaired) electrons. The second kappa shape index (κ2) is 3.64. The van der Waals surface area contributed by atoms with Crippen molar-refractivity contribution in [3.63, 3.8) is 0 Å². The summed E-state index contributed by atoms with van der Waals surface area (Å²) in [6, 6.07) is 8.17. The number of halogens is 1. The van der Waals surface area contributed by atoms with Gasteiger partial charge >= 0.3 is 0 Å². The number of thiazole rings is 1. The van der Waals surface area contributed by atoms with Crippen LogP contribution < -0.4 is 0 Å². The highest BCUT2D eigenvalue weighted by atomic mass is 35.5. The van der Waals surface area contributed by atoms with Crippen molar-refractivity contribution in [1.82, 2.24) is 4.98 Å². The maximum Gasteiger partial charge on any atom is 0.0953 e. The maximum atomic E-state index is 5.91. The van der Waals surface area contributed by atoms with Crippen LogP contribution in [0.5, 0.6) is 0 Å². The molecule has 2 rings (SSSR count). The van der Waals surface area contributed by atoms with E-state index >= 15 is 0 Å². The second-order valence-corrected chi connectivity index (χ2v) is 4.92. The number of aromatic nitrogens is 1. The third kappa shape index (κ3) is 2.01. The van der Waals surface area contributed by atoms with E-state index in [1.54, 1.807) is 11.3 Å². The molecule has 0 fully saturated rings. The smallest absolute Gasteiger partial charge is 0.0953 e. The number of fused-ring (bicyclic) bond motifs is 1. The number of rotatable bonds is 2. The molecule has 1 nitrogen and oxygen atoms in total. The fourth-order valence-corrected chi connectivity index (χ4v) is 2.58. The van der Waals surface area contributed by atoms with Crippen molar-refractivity contribution in [2.45, 2.75) is 18.7 Å². The number of alkyl halides is 1. The van der Waals surface area contributed by atoms with Crippen molar-refractivity contribution in [2.24, 2.45) is 0 Å². The van der Waals surface area contributed by atoms with Crippen LogP contribution in [0.4, 0.5) is 0 Å². The van der Waals surface area contributed by atoms with E-state index in [1.807, 2.05) is 25.1 Å². The van der Waals surface area contributed by atoms with E-state index in [1.165, 1.54) is 4.70 Å². The predicted molar refractivity (Wildman–Crippen MR) is 58.6 cm³/mol. The molecule has 1 atom stereocenters. The quantitative estimate of drug-likeness (QED) is 0.694. The number of para-hydroxylation sites is 1. The van der Waals surface area contributed by atoms with E-state index in [4.69, 9.17) is 11.6 Å². The molecule has 1 aromatic carbocycles. The van der Waals surface area contributed by atoms with E-state index in [2.05, 4.69) is 11.1 Å². The van der Waals surface area contributed by atoms with Gasteiger partial charge in [-0.3, -0.25) is 0 Å². The van der Waals surface area contributed by atoms with Gasteiger partial charge in [0.1, 0.15) is 0 Å². The molecule has 3 heteroatoms. The molecule has 0 aliphatic heterocycles. The molecule has 68 valence electrons. The number of nitrogens with zero attached hydrogens (tertiary/aromatic N) is 1. The second-order valence-electron chi connectivity index (χ2n) is 3.06. The lowest BCUT2D eigenvalue weighted by molar-refractivity contribution is 0.922. The largest absolute Gasteiger partial charge is 0.241 e. The Balaban J connectivity index is 2.38. The molecule has 0 spiro atoms. The SMILES string of the molecule is C[C@@H](Cl)Cc1nc2ccccc2s1. The average Bonchev–Trinajstić information content (AvgIpc) is 2.44. The van der Waals surface area contributed by atoms with Crippen LogP contribution in [0.15, 0.2) is 24.3 Å². The molecule has 0 aliphatic carbocycles. The maximum absolute atomic E-state index is 5.91. The van der Waals surface area contributed by atoms with Crippen LogP contribution in [-0.4, -0.2) is 10.4 Å². The molecule has 0 saturated heterocycles. The van der Waals surface area contributed by atoms with Crippen molar-refractivity contribution >= 4 is 33.2 Å². The van der Waals surface area contributed by atoms with Gasteiger partial charge in [0.2, 0.25) is 0 Å². The number of hydrogen-bond acceptors (Lipinski definition) is 2. The Kier molecular flexibility index (Phi) is 2.51. The predicted octanol–water partition coefficient (Wildman–Crippen LogP) is 3.47.